The van der Waals surface area contributed by atoms with Crippen molar-refractivity contribution in [2.24, 2.45) is 5.92 Å². The number of rotatable bonds is 6. The van der Waals surface area contributed by atoms with Crippen molar-refractivity contribution in [3.8, 4) is 0 Å². The average molecular weight is 238 g/mol. The van der Waals surface area contributed by atoms with Crippen LogP contribution in [0.25, 0.3) is 0 Å². The van der Waals surface area contributed by atoms with Crippen molar-refractivity contribution in [3.05, 3.63) is 0 Å². The second-order valence-corrected chi connectivity index (χ2v) is 5.98. The Morgan fingerprint density at radius 2 is 1.76 bits per heavy atom. The molecule has 0 spiro atoms. The summed E-state index contributed by atoms with van der Waals surface area (Å²) in [5.74, 6) is 1.02. The predicted molar refractivity (Wildman–Crippen MR) is 74.3 cm³/mol. The van der Waals surface area contributed by atoms with Crippen molar-refractivity contribution in [2.75, 3.05) is 26.2 Å². The molecule has 0 radical (unpaired) electrons. The fourth-order valence-corrected chi connectivity index (χ4v) is 3.36. The molecule has 0 atom stereocenters. The Bertz CT molecular complexity index is 191. The zero-order valence-corrected chi connectivity index (χ0v) is 11.6. The first-order valence-electron chi connectivity index (χ1n) is 7.84. The minimum absolute atomic E-state index is 0.848. The van der Waals surface area contributed by atoms with Gasteiger partial charge >= 0.3 is 0 Å². The molecule has 1 N–H and O–H groups in total. The highest BCUT2D eigenvalue weighted by Gasteiger charge is 2.17. The van der Waals surface area contributed by atoms with Crippen molar-refractivity contribution < 1.29 is 0 Å². The zero-order valence-electron chi connectivity index (χ0n) is 11.6. The summed E-state index contributed by atoms with van der Waals surface area (Å²) in [4.78, 5) is 2.67. The lowest BCUT2D eigenvalue weighted by molar-refractivity contribution is 0.179. The first-order chi connectivity index (χ1) is 8.38. The molecule has 0 amide bonds. The summed E-state index contributed by atoms with van der Waals surface area (Å²) < 4.78 is 0. The SMILES string of the molecule is CCC1CCN(CCCNC2CCCC2)CC1. The second-order valence-electron chi connectivity index (χ2n) is 5.98. The molecule has 2 rings (SSSR count). The van der Waals surface area contributed by atoms with Crippen LogP contribution in [0.2, 0.25) is 0 Å². The highest BCUT2D eigenvalue weighted by Crippen LogP contribution is 2.20. The van der Waals surface area contributed by atoms with Crippen LogP contribution in [0.1, 0.15) is 58.3 Å². The first kappa shape index (κ1) is 13.4. The number of nitrogens with zero attached hydrogens (tertiary/aromatic N) is 1. The van der Waals surface area contributed by atoms with Gasteiger partial charge in [0.15, 0.2) is 0 Å². The first-order valence-corrected chi connectivity index (χ1v) is 7.84. The molecule has 1 saturated carbocycles. The van der Waals surface area contributed by atoms with E-state index >= 15 is 0 Å². The number of piperidine rings is 1. The van der Waals surface area contributed by atoms with Crippen molar-refractivity contribution >= 4 is 0 Å². The van der Waals surface area contributed by atoms with Gasteiger partial charge < -0.3 is 10.2 Å². The van der Waals surface area contributed by atoms with Crippen molar-refractivity contribution in [2.45, 2.75) is 64.3 Å². The molecule has 1 aliphatic carbocycles. The van der Waals surface area contributed by atoms with E-state index in [2.05, 4.69) is 17.1 Å². The maximum absolute atomic E-state index is 3.71. The summed E-state index contributed by atoms with van der Waals surface area (Å²) in [6.45, 7) is 7.59. The summed E-state index contributed by atoms with van der Waals surface area (Å²) in [7, 11) is 0. The third-order valence-corrected chi connectivity index (χ3v) is 4.72. The minimum atomic E-state index is 0.848. The van der Waals surface area contributed by atoms with Gasteiger partial charge in [-0.05, 0) is 64.2 Å². The molecule has 0 aromatic heterocycles. The van der Waals surface area contributed by atoms with E-state index in [4.69, 9.17) is 0 Å². The lowest BCUT2D eigenvalue weighted by atomic mass is 9.94. The van der Waals surface area contributed by atoms with Crippen LogP contribution < -0.4 is 5.32 Å². The van der Waals surface area contributed by atoms with E-state index in [1.54, 1.807) is 0 Å². The molecule has 100 valence electrons. The molecule has 17 heavy (non-hydrogen) atoms. The fraction of sp³-hybridized carbons (Fsp3) is 1.00. The maximum Gasteiger partial charge on any atom is 0.00670 e. The molecule has 0 bridgehead atoms. The summed E-state index contributed by atoms with van der Waals surface area (Å²) in [5, 5.41) is 3.71. The topological polar surface area (TPSA) is 15.3 Å². The smallest absolute Gasteiger partial charge is 0.00670 e. The monoisotopic (exact) mass is 238 g/mol. The Balaban J connectivity index is 1.48. The van der Waals surface area contributed by atoms with Gasteiger partial charge in [-0.3, -0.25) is 0 Å². The summed E-state index contributed by atoms with van der Waals surface area (Å²) in [5.41, 5.74) is 0. The maximum atomic E-state index is 3.71. The van der Waals surface area contributed by atoms with Crippen LogP contribution in [0.15, 0.2) is 0 Å². The summed E-state index contributed by atoms with van der Waals surface area (Å²) >= 11 is 0. The van der Waals surface area contributed by atoms with Crippen LogP contribution in [-0.2, 0) is 0 Å². The van der Waals surface area contributed by atoms with Crippen LogP contribution in [0, 0.1) is 5.92 Å². The van der Waals surface area contributed by atoms with Gasteiger partial charge in [0.1, 0.15) is 0 Å². The third kappa shape index (κ3) is 4.59. The van der Waals surface area contributed by atoms with E-state index in [0.29, 0.717) is 0 Å². The van der Waals surface area contributed by atoms with Crippen molar-refractivity contribution in [3.63, 3.8) is 0 Å². The number of nitrogens with one attached hydrogen (secondary N) is 1. The normalized spacial score (nSPS) is 24.5. The molecule has 1 aliphatic heterocycles. The minimum Gasteiger partial charge on any atom is -0.314 e. The van der Waals surface area contributed by atoms with Gasteiger partial charge in [0.05, 0.1) is 0 Å². The third-order valence-electron chi connectivity index (χ3n) is 4.72. The molecular formula is C15H30N2. The number of hydrogen-bond acceptors (Lipinski definition) is 2. The Labute approximate surface area is 107 Å². The largest absolute Gasteiger partial charge is 0.314 e. The molecule has 1 heterocycles. The van der Waals surface area contributed by atoms with Gasteiger partial charge in [0, 0.05) is 6.04 Å². The van der Waals surface area contributed by atoms with E-state index in [1.165, 1.54) is 77.5 Å². The Hall–Kier alpha value is -0.0800. The lowest BCUT2D eigenvalue weighted by Crippen LogP contribution is -2.36. The van der Waals surface area contributed by atoms with Gasteiger partial charge in [-0.15, -0.1) is 0 Å². The molecule has 2 heteroatoms. The van der Waals surface area contributed by atoms with Gasteiger partial charge in [0.2, 0.25) is 0 Å². The summed E-state index contributed by atoms with van der Waals surface area (Å²) in [6, 6.07) is 0.848. The Morgan fingerprint density at radius 3 is 2.41 bits per heavy atom. The molecule has 1 saturated heterocycles. The second kappa shape index (κ2) is 7.38. The van der Waals surface area contributed by atoms with E-state index in [9.17, 15) is 0 Å². The van der Waals surface area contributed by atoms with E-state index in [-0.39, 0.29) is 0 Å². The van der Waals surface area contributed by atoms with Crippen LogP contribution in [0.4, 0.5) is 0 Å². The van der Waals surface area contributed by atoms with E-state index < -0.39 is 0 Å². The van der Waals surface area contributed by atoms with Crippen molar-refractivity contribution in [1.29, 1.82) is 0 Å². The van der Waals surface area contributed by atoms with Crippen LogP contribution in [0.5, 0.6) is 0 Å². The highest BCUT2D eigenvalue weighted by molar-refractivity contribution is 4.75. The molecule has 2 fully saturated rings. The van der Waals surface area contributed by atoms with E-state index in [0.717, 1.165) is 12.0 Å². The van der Waals surface area contributed by atoms with E-state index in [1.807, 2.05) is 0 Å². The van der Waals surface area contributed by atoms with Crippen molar-refractivity contribution in [1.82, 2.24) is 10.2 Å². The molecule has 0 aromatic carbocycles. The molecule has 0 unspecified atom stereocenters. The van der Waals surface area contributed by atoms with Crippen LogP contribution >= 0.6 is 0 Å². The Kier molecular flexibility index (Phi) is 5.79. The average Bonchev–Trinajstić information content (AvgIpc) is 2.88. The Morgan fingerprint density at radius 1 is 1.06 bits per heavy atom. The van der Waals surface area contributed by atoms with Crippen LogP contribution in [0.3, 0.4) is 0 Å². The predicted octanol–water partition coefficient (Wildman–Crippen LogP) is 3.03. The quantitative estimate of drug-likeness (QED) is 0.716. The van der Waals surface area contributed by atoms with Gasteiger partial charge in [-0.25, -0.2) is 0 Å². The molecular weight excluding hydrogens is 208 g/mol. The molecule has 2 nitrogen and oxygen atoms in total. The number of likely N-dealkylation sites (tertiary alicyclic amines) is 1. The highest BCUT2D eigenvalue weighted by atomic mass is 15.1. The van der Waals surface area contributed by atoms with Gasteiger partial charge in [0.25, 0.3) is 0 Å². The fourth-order valence-electron chi connectivity index (χ4n) is 3.36. The van der Waals surface area contributed by atoms with Crippen LogP contribution in [-0.4, -0.2) is 37.1 Å². The number of hydrogen-bond donors (Lipinski definition) is 1. The molecule has 0 aromatic rings. The zero-order chi connectivity index (χ0) is 11.9. The molecule has 2 aliphatic rings. The summed E-state index contributed by atoms with van der Waals surface area (Å²) in [6.07, 6.45) is 11.3. The van der Waals surface area contributed by atoms with Gasteiger partial charge in [-0.2, -0.15) is 0 Å². The standard InChI is InChI=1S/C15H30N2/c1-2-14-8-12-17(13-9-14)11-5-10-16-15-6-3-4-7-15/h14-16H,2-13H2,1H3. The van der Waals surface area contributed by atoms with Gasteiger partial charge in [-0.1, -0.05) is 26.2 Å². The lowest BCUT2D eigenvalue weighted by Gasteiger charge is -2.31.